The molecule has 1 aliphatic heterocycles. The van der Waals surface area contributed by atoms with Crippen LogP contribution in [0.3, 0.4) is 0 Å². The van der Waals surface area contributed by atoms with Gasteiger partial charge >= 0.3 is 0 Å². The number of rotatable bonds is 6. The van der Waals surface area contributed by atoms with Crippen molar-refractivity contribution in [1.29, 1.82) is 0 Å². The predicted octanol–water partition coefficient (Wildman–Crippen LogP) is 3.05. The maximum atomic E-state index is 12.6. The topological polar surface area (TPSA) is 99.3 Å². The Labute approximate surface area is 180 Å². The van der Waals surface area contributed by atoms with E-state index in [0.717, 1.165) is 35.8 Å². The number of methoxy groups -OCH3 is 1. The number of H-pyrrole nitrogens is 1. The van der Waals surface area contributed by atoms with Crippen LogP contribution in [0.15, 0.2) is 54.6 Å². The second-order valence-electron chi connectivity index (χ2n) is 7.53. The van der Waals surface area contributed by atoms with E-state index in [1.165, 1.54) is 6.92 Å². The summed E-state index contributed by atoms with van der Waals surface area (Å²) < 4.78 is 5.20. The SMILES string of the molecule is COc1ccc(-c2cc(N3CCC(NC(=O)c4ccc(NC(C)=O)cc4)C3)n[nH]2)cc1. The Morgan fingerprint density at radius 3 is 2.55 bits per heavy atom. The number of amides is 2. The van der Waals surface area contributed by atoms with E-state index in [1.807, 2.05) is 30.3 Å². The van der Waals surface area contributed by atoms with Crippen LogP contribution in [0.4, 0.5) is 11.5 Å². The van der Waals surface area contributed by atoms with E-state index in [9.17, 15) is 9.59 Å². The van der Waals surface area contributed by atoms with E-state index in [4.69, 9.17) is 4.74 Å². The van der Waals surface area contributed by atoms with Crippen LogP contribution in [-0.4, -0.2) is 48.3 Å². The van der Waals surface area contributed by atoms with E-state index in [0.29, 0.717) is 17.8 Å². The first-order valence-corrected chi connectivity index (χ1v) is 10.1. The van der Waals surface area contributed by atoms with Gasteiger partial charge in [-0.2, -0.15) is 5.10 Å². The molecule has 8 nitrogen and oxygen atoms in total. The molecule has 0 bridgehead atoms. The smallest absolute Gasteiger partial charge is 0.251 e. The Kier molecular flexibility index (Phi) is 5.88. The van der Waals surface area contributed by atoms with E-state index in [-0.39, 0.29) is 17.9 Å². The molecule has 4 rings (SSSR count). The van der Waals surface area contributed by atoms with Gasteiger partial charge < -0.3 is 20.3 Å². The van der Waals surface area contributed by atoms with Crippen molar-refractivity contribution in [2.75, 3.05) is 30.4 Å². The molecule has 1 fully saturated rings. The van der Waals surface area contributed by atoms with Gasteiger partial charge in [-0.15, -0.1) is 0 Å². The van der Waals surface area contributed by atoms with Gasteiger partial charge in [-0.3, -0.25) is 14.7 Å². The molecule has 2 aromatic carbocycles. The van der Waals surface area contributed by atoms with E-state index in [1.54, 1.807) is 31.4 Å². The quantitative estimate of drug-likeness (QED) is 0.570. The monoisotopic (exact) mass is 419 g/mol. The Bertz CT molecular complexity index is 1060. The summed E-state index contributed by atoms with van der Waals surface area (Å²) >= 11 is 0. The van der Waals surface area contributed by atoms with E-state index >= 15 is 0 Å². The van der Waals surface area contributed by atoms with Crippen molar-refractivity contribution in [1.82, 2.24) is 15.5 Å². The second kappa shape index (κ2) is 8.91. The molecular weight excluding hydrogens is 394 g/mol. The number of benzene rings is 2. The van der Waals surface area contributed by atoms with Gasteiger partial charge in [-0.25, -0.2) is 0 Å². The molecule has 0 radical (unpaired) electrons. The number of nitrogens with zero attached hydrogens (tertiary/aromatic N) is 2. The molecule has 1 aliphatic rings. The summed E-state index contributed by atoms with van der Waals surface area (Å²) in [6.07, 6.45) is 0.848. The van der Waals surface area contributed by atoms with Gasteiger partial charge in [0.05, 0.1) is 12.8 Å². The largest absolute Gasteiger partial charge is 0.497 e. The first kappa shape index (κ1) is 20.5. The number of hydrogen-bond acceptors (Lipinski definition) is 5. The molecule has 2 heterocycles. The van der Waals surface area contributed by atoms with Crippen molar-refractivity contribution < 1.29 is 14.3 Å². The molecule has 1 saturated heterocycles. The molecule has 0 aliphatic carbocycles. The first-order chi connectivity index (χ1) is 15.0. The van der Waals surface area contributed by atoms with Crippen LogP contribution < -0.4 is 20.3 Å². The van der Waals surface area contributed by atoms with Gasteiger partial charge in [-0.05, 0) is 60.5 Å². The van der Waals surface area contributed by atoms with Crippen LogP contribution in [0.1, 0.15) is 23.7 Å². The van der Waals surface area contributed by atoms with Gasteiger partial charge in [-0.1, -0.05) is 0 Å². The van der Waals surface area contributed by atoms with Crippen molar-refractivity contribution in [2.45, 2.75) is 19.4 Å². The van der Waals surface area contributed by atoms with E-state index in [2.05, 4.69) is 25.7 Å². The summed E-state index contributed by atoms with van der Waals surface area (Å²) in [5.41, 5.74) is 3.20. The first-order valence-electron chi connectivity index (χ1n) is 10.1. The van der Waals surface area contributed by atoms with Crippen molar-refractivity contribution >= 4 is 23.3 Å². The molecule has 1 aromatic heterocycles. The lowest BCUT2D eigenvalue weighted by molar-refractivity contribution is -0.114. The zero-order valence-electron chi connectivity index (χ0n) is 17.5. The van der Waals surface area contributed by atoms with Crippen molar-refractivity contribution in [3.63, 3.8) is 0 Å². The molecule has 3 N–H and O–H groups in total. The molecule has 31 heavy (non-hydrogen) atoms. The summed E-state index contributed by atoms with van der Waals surface area (Å²) in [6.45, 7) is 2.97. The summed E-state index contributed by atoms with van der Waals surface area (Å²) in [6, 6.07) is 16.7. The van der Waals surface area contributed by atoms with Crippen molar-refractivity contribution in [3.8, 4) is 17.0 Å². The molecule has 160 valence electrons. The van der Waals surface area contributed by atoms with Crippen LogP contribution >= 0.6 is 0 Å². The minimum atomic E-state index is -0.142. The molecule has 0 saturated carbocycles. The lowest BCUT2D eigenvalue weighted by atomic mass is 10.1. The summed E-state index contributed by atoms with van der Waals surface area (Å²) in [5, 5.41) is 13.3. The molecule has 0 spiro atoms. The fourth-order valence-corrected chi connectivity index (χ4v) is 3.65. The molecule has 8 heteroatoms. The van der Waals surface area contributed by atoms with Gasteiger partial charge in [0, 0.05) is 43.4 Å². The average Bonchev–Trinajstić information content (AvgIpc) is 3.43. The van der Waals surface area contributed by atoms with Crippen molar-refractivity contribution in [2.24, 2.45) is 0 Å². The number of carbonyl (C=O) groups is 2. The normalized spacial score (nSPS) is 15.5. The minimum Gasteiger partial charge on any atom is -0.497 e. The number of anilines is 2. The zero-order chi connectivity index (χ0) is 21.8. The Hall–Kier alpha value is -3.81. The highest BCUT2D eigenvalue weighted by atomic mass is 16.5. The summed E-state index contributed by atoms with van der Waals surface area (Å²) in [7, 11) is 1.65. The van der Waals surface area contributed by atoms with Gasteiger partial charge in [0.15, 0.2) is 5.82 Å². The Balaban J connectivity index is 1.34. The van der Waals surface area contributed by atoms with Crippen molar-refractivity contribution in [3.05, 3.63) is 60.2 Å². The third kappa shape index (κ3) is 4.85. The number of carbonyl (C=O) groups excluding carboxylic acids is 2. The molecule has 1 unspecified atom stereocenters. The fraction of sp³-hybridized carbons (Fsp3) is 0.261. The van der Waals surface area contributed by atoms with Gasteiger partial charge in [0.25, 0.3) is 5.91 Å². The number of hydrogen-bond donors (Lipinski definition) is 3. The van der Waals surface area contributed by atoms with Gasteiger partial charge in [0.2, 0.25) is 5.91 Å². The maximum absolute atomic E-state index is 12.6. The number of ether oxygens (including phenoxy) is 1. The van der Waals surface area contributed by atoms with Crippen LogP contribution in [0.2, 0.25) is 0 Å². The van der Waals surface area contributed by atoms with Gasteiger partial charge in [0.1, 0.15) is 5.75 Å². The molecule has 2 amide bonds. The highest BCUT2D eigenvalue weighted by Gasteiger charge is 2.26. The fourth-order valence-electron chi connectivity index (χ4n) is 3.65. The molecular formula is C23H25N5O3. The minimum absolute atomic E-state index is 0.0451. The number of nitrogens with one attached hydrogen (secondary N) is 3. The highest BCUT2D eigenvalue weighted by molar-refractivity contribution is 5.95. The zero-order valence-corrected chi connectivity index (χ0v) is 17.5. The lowest BCUT2D eigenvalue weighted by Crippen LogP contribution is -2.37. The average molecular weight is 419 g/mol. The molecule has 3 aromatic rings. The highest BCUT2D eigenvalue weighted by Crippen LogP contribution is 2.26. The number of aromatic amines is 1. The maximum Gasteiger partial charge on any atom is 0.251 e. The van der Waals surface area contributed by atoms with Crippen LogP contribution in [-0.2, 0) is 4.79 Å². The summed E-state index contributed by atoms with van der Waals surface area (Å²) in [4.78, 5) is 25.8. The predicted molar refractivity (Wildman–Crippen MR) is 119 cm³/mol. The Morgan fingerprint density at radius 2 is 1.87 bits per heavy atom. The Morgan fingerprint density at radius 1 is 1.13 bits per heavy atom. The molecule has 1 atom stereocenters. The number of aromatic nitrogens is 2. The van der Waals surface area contributed by atoms with Crippen LogP contribution in [0.25, 0.3) is 11.3 Å². The third-order valence-electron chi connectivity index (χ3n) is 5.28. The standard InChI is InChI=1S/C23H25N5O3/c1-15(29)24-18-7-3-17(4-8-18)23(30)25-19-11-12-28(14-19)22-13-21(26-27-22)16-5-9-20(31-2)10-6-16/h3-10,13,19H,11-12,14H2,1-2H3,(H,24,29)(H,25,30)(H,26,27). The second-order valence-corrected chi connectivity index (χ2v) is 7.53. The summed E-state index contributed by atoms with van der Waals surface area (Å²) in [5.74, 6) is 1.41. The third-order valence-corrected chi connectivity index (χ3v) is 5.28. The van der Waals surface area contributed by atoms with Crippen LogP contribution in [0, 0.1) is 0 Å². The van der Waals surface area contributed by atoms with E-state index < -0.39 is 0 Å². The lowest BCUT2D eigenvalue weighted by Gasteiger charge is -2.16. The van der Waals surface area contributed by atoms with Crippen LogP contribution in [0.5, 0.6) is 5.75 Å².